The third-order valence-electron chi connectivity index (χ3n) is 5.25. The van der Waals surface area contributed by atoms with E-state index in [0.717, 1.165) is 32.7 Å². The number of carbonyl (C=O) groups excluding carboxylic acids is 1. The van der Waals surface area contributed by atoms with E-state index in [9.17, 15) is 4.79 Å². The van der Waals surface area contributed by atoms with Crippen LogP contribution < -0.4 is 5.32 Å². The van der Waals surface area contributed by atoms with Crippen LogP contribution in [0.2, 0.25) is 10.0 Å². The molecule has 1 N–H and O–H groups in total. The van der Waals surface area contributed by atoms with Crippen LogP contribution in [0.15, 0.2) is 60.7 Å². The fourth-order valence-corrected chi connectivity index (χ4v) is 4.33. The lowest BCUT2D eigenvalue weighted by Crippen LogP contribution is -2.48. The maximum absolute atomic E-state index is 12.4. The first-order valence-corrected chi connectivity index (χ1v) is 10.5. The zero-order valence-corrected chi connectivity index (χ0v) is 17.6. The molecule has 6 heteroatoms. The van der Waals surface area contributed by atoms with Gasteiger partial charge in [-0.05, 0) is 34.5 Å². The van der Waals surface area contributed by atoms with Crippen molar-refractivity contribution in [3.05, 3.63) is 76.3 Å². The SMILES string of the molecule is O=C(CN1CCN(Cc2cccc3ccccc23)CC1)Nc1cc(Cl)cc(Cl)c1. The molecule has 4 rings (SSSR count). The third kappa shape index (κ3) is 5.28. The molecule has 0 atom stereocenters. The standard InChI is InChI=1S/C23H23Cl2N3O/c24-19-12-20(25)14-21(13-19)26-23(29)16-28-10-8-27(9-11-28)15-18-6-3-5-17-4-1-2-7-22(17)18/h1-7,12-14H,8-11,15-16H2,(H,26,29). The van der Waals surface area contributed by atoms with Crippen molar-refractivity contribution in [1.82, 2.24) is 9.80 Å². The average molecular weight is 428 g/mol. The molecule has 0 radical (unpaired) electrons. The Kier molecular flexibility index (Phi) is 6.36. The van der Waals surface area contributed by atoms with Crippen LogP contribution in [-0.2, 0) is 11.3 Å². The van der Waals surface area contributed by atoms with Crippen molar-refractivity contribution in [2.24, 2.45) is 0 Å². The van der Waals surface area contributed by atoms with Gasteiger partial charge in [-0.1, -0.05) is 65.7 Å². The van der Waals surface area contributed by atoms with Crippen LogP contribution in [0, 0.1) is 0 Å². The molecule has 0 spiro atoms. The van der Waals surface area contributed by atoms with Crippen molar-refractivity contribution in [1.29, 1.82) is 0 Å². The number of piperazine rings is 1. The van der Waals surface area contributed by atoms with Gasteiger partial charge in [-0.25, -0.2) is 0 Å². The van der Waals surface area contributed by atoms with Crippen LogP contribution in [0.1, 0.15) is 5.56 Å². The molecule has 0 unspecified atom stereocenters. The Labute approximate surface area is 181 Å². The summed E-state index contributed by atoms with van der Waals surface area (Å²) in [5.41, 5.74) is 1.98. The molecule has 0 aliphatic carbocycles. The Morgan fingerprint density at radius 1 is 0.862 bits per heavy atom. The predicted molar refractivity (Wildman–Crippen MR) is 121 cm³/mol. The lowest BCUT2D eigenvalue weighted by molar-refractivity contribution is -0.117. The summed E-state index contributed by atoms with van der Waals surface area (Å²) in [6, 6.07) is 20.1. The molecule has 1 aliphatic rings. The van der Waals surface area contributed by atoms with Crippen LogP contribution in [0.4, 0.5) is 5.69 Å². The minimum absolute atomic E-state index is 0.0502. The van der Waals surface area contributed by atoms with Crippen LogP contribution in [0.3, 0.4) is 0 Å². The minimum atomic E-state index is -0.0502. The molecule has 3 aromatic rings. The van der Waals surface area contributed by atoms with Gasteiger partial charge >= 0.3 is 0 Å². The number of fused-ring (bicyclic) bond motifs is 1. The zero-order valence-electron chi connectivity index (χ0n) is 16.1. The van der Waals surface area contributed by atoms with Gasteiger partial charge in [0.15, 0.2) is 0 Å². The van der Waals surface area contributed by atoms with E-state index in [1.165, 1.54) is 16.3 Å². The molecular weight excluding hydrogens is 405 g/mol. The van der Waals surface area contributed by atoms with Crippen LogP contribution >= 0.6 is 23.2 Å². The molecule has 29 heavy (non-hydrogen) atoms. The molecular formula is C23H23Cl2N3O. The van der Waals surface area contributed by atoms with E-state index < -0.39 is 0 Å². The minimum Gasteiger partial charge on any atom is -0.325 e. The van der Waals surface area contributed by atoms with E-state index in [0.29, 0.717) is 22.3 Å². The van der Waals surface area contributed by atoms with E-state index >= 15 is 0 Å². The van der Waals surface area contributed by atoms with Crippen molar-refractivity contribution < 1.29 is 4.79 Å². The molecule has 1 heterocycles. The summed E-state index contributed by atoms with van der Waals surface area (Å²) < 4.78 is 0. The summed E-state index contributed by atoms with van der Waals surface area (Å²) in [5.74, 6) is -0.0502. The topological polar surface area (TPSA) is 35.6 Å². The molecule has 1 aliphatic heterocycles. The molecule has 4 nitrogen and oxygen atoms in total. The lowest BCUT2D eigenvalue weighted by Gasteiger charge is -2.34. The lowest BCUT2D eigenvalue weighted by atomic mass is 10.0. The molecule has 3 aromatic carbocycles. The van der Waals surface area contributed by atoms with Gasteiger partial charge in [-0.3, -0.25) is 14.6 Å². The van der Waals surface area contributed by atoms with E-state index in [4.69, 9.17) is 23.2 Å². The highest BCUT2D eigenvalue weighted by atomic mass is 35.5. The van der Waals surface area contributed by atoms with E-state index in [1.54, 1.807) is 18.2 Å². The first-order chi connectivity index (χ1) is 14.1. The molecule has 1 amide bonds. The van der Waals surface area contributed by atoms with Crippen LogP contribution in [0.5, 0.6) is 0 Å². The summed E-state index contributed by atoms with van der Waals surface area (Å²) in [4.78, 5) is 17.0. The number of carbonyl (C=O) groups is 1. The number of benzene rings is 3. The molecule has 150 valence electrons. The number of hydrogen-bond donors (Lipinski definition) is 1. The number of rotatable bonds is 5. The van der Waals surface area contributed by atoms with Crippen LogP contribution in [0.25, 0.3) is 10.8 Å². The van der Waals surface area contributed by atoms with Crippen molar-refractivity contribution >= 4 is 45.6 Å². The fourth-order valence-electron chi connectivity index (χ4n) is 3.81. The Morgan fingerprint density at radius 3 is 2.28 bits per heavy atom. The van der Waals surface area contributed by atoms with Crippen molar-refractivity contribution in [3.8, 4) is 0 Å². The van der Waals surface area contributed by atoms with Gasteiger partial charge in [0.05, 0.1) is 6.54 Å². The number of nitrogens with zero attached hydrogens (tertiary/aromatic N) is 2. The van der Waals surface area contributed by atoms with Crippen molar-refractivity contribution in [3.63, 3.8) is 0 Å². The van der Waals surface area contributed by atoms with Gasteiger partial charge in [0, 0.05) is 48.5 Å². The van der Waals surface area contributed by atoms with E-state index in [2.05, 4.69) is 57.6 Å². The Morgan fingerprint density at radius 2 is 1.52 bits per heavy atom. The Bertz CT molecular complexity index is 990. The largest absolute Gasteiger partial charge is 0.325 e. The predicted octanol–water partition coefficient (Wildman–Crippen LogP) is 4.90. The van der Waals surface area contributed by atoms with Crippen LogP contribution in [-0.4, -0.2) is 48.4 Å². The first kappa shape index (κ1) is 20.2. The van der Waals surface area contributed by atoms with Gasteiger partial charge in [-0.2, -0.15) is 0 Å². The van der Waals surface area contributed by atoms with Gasteiger partial charge in [-0.15, -0.1) is 0 Å². The second kappa shape index (κ2) is 9.14. The highest BCUT2D eigenvalue weighted by Gasteiger charge is 2.19. The average Bonchev–Trinajstić information content (AvgIpc) is 2.69. The Hall–Kier alpha value is -2.11. The van der Waals surface area contributed by atoms with Crippen molar-refractivity contribution in [2.75, 3.05) is 38.0 Å². The highest BCUT2D eigenvalue weighted by molar-refractivity contribution is 6.35. The quantitative estimate of drug-likeness (QED) is 0.628. The third-order valence-corrected chi connectivity index (χ3v) is 5.69. The molecule has 1 fully saturated rings. The summed E-state index contributed by atoms with van der Waals surface area (Å²) in [7, 11) is 0. The van der Waals surface area contributed by atoms with Crippen molar-refractivity contribution in [2.45, 2.75) is 6.54 Å². The Balaban J connectivity index is 1.29. The van der Waals surface area contributed by atoms with E-state index in [1.807, 2.05) is 0 Å². The maximum atomic E-state index is 12.4. The van der Waals surface area contributed by atoms with Gasteiger partial charge in [0.25, 0.3) is 0 Å². The maximum Gasteiger partial charge on any atom is 0.238 e. The second-order valence-corrected chi connectivity index (χ2v) is 8.27. The summed E-state index contributed by atoms with van der Waals surface area (Å²) >= 11 is 12.0. The molecule has 1 saturated heterocycles. The smallest absolute Gasteiger partial charge is 0.238 e. The van der Waals surface area contributed by atoms with Gasteiger partial charge in [0.2, 0.25) is 5.91 Å². The summed E-state index contributed by atoms with van der Waals surface area (Å²) in [5, 5.41) is 6.49. The molecule has 0 saturated carbocycles. The monoisotopic (exact) mass is 427 g/mol. The summed E-state index contributed by atoms with van der Waals surface area (Å²) in [6.07, 6.45) is 0. The summed E-state index contributed by atoms with van der Waals surface area (Å²) in [6.45, 7) is 4.93. The van der Waals surface area contributed by atoms with Gasteiger partial charge < -0.3 is 5.32 Å². The normalized spacial score (nSPS) is 15.5. The number of anilines is 1. The number of amides is 1. The zero-order chi connectivity index (χ0) is 20.2. The number of halogens is 2. The molecule has 0 bridgehead atoms. The number of hydrogen-bond acceptors (Lipinski definition) is 3. The highest BCUT2D eigenvalue weighted by Crippen LogP contribution is 2.23. The fraction of sp³-hybridized carbons (Fsp3) is 0.261. The molecule has 0 aromatic heterocycles. The van der Waals surface area contributed by atoms with E-state index in [-0.39, 0.29) is 5.91 Å². The van der Waals surface area contributed by atoms with Gasteiger partial charge in [0.1, 0.15) is 0 Å². The first-order valence-electron chi connectivity index (χ1n) is 9.74. The second-order valence-electron chi connectivity index (χ2n) is 7.40. The number of nitrogens with one attached hydrogen (secondary N) is 1.